The van der Waals surface area contributed by atoms with Crippen LogP contribution in [0.15, 0.2) is 63.3 Å². The Morgan fingerprint density at radius 2 is 1.91 bits per heavy atom. The summed E-state index contributed by atoms with van der Waals surface area (Å²) in [5, 5.41) is 33.9. The first-order valence-corrected chi connectivity index (χ1v) is 16.4. The van der Waals surface area contributed by atoms with Gasteiger partial charge in [0.05, 0.1) is 48.5 Å². The van der Waals surface area contributed by atoms with Crippen molar-refractivity contribution in [3.05, 3.63) is 59.3 Å². The van der Waals surface area contributed by atoms with Crippen LogP contribution in [-0.4, -0.2) is 82.2 Å². The van der Waals surface area contributed by atoms with E-state index in [4.69, 9.17) is 21.3 Å². The maximum atomic E-state index is 13.0. The molecule has 11 heteroatoms. The Bertz CT molecular complexity index is 1320. The fourth-order valence-corrected chi connectivity index (χ4v) is 5.30. The molecule has 0 aliphatic heterocycles. The zero-order valence-electron chi connectivity index (χ0n) is 26.7. The lowest BCUT2D eigenvalue weighted by Crippen LogP contribution is -2.37. The van der Waals surface area contributed by atoms with Gasteiger partial charge in [-0.2, -0.15) is 5.11 Å². The van der Waals surface area contributed by atoms with E-state index < -0.39 is 10.8 Å². The number of rotatable bonds is 20. The maximum absolute atomic E-state index is 13.0. The van der Waals surface area contributed by atoms with Crippen molar-refractivity contribution in [1.29, 1.82) is 0 Å². The van der Waals surface area contributed by atoms with E-state index in [0.29, 0.717) is 71.5 Å². The fraction of sp³-hybridized carbons (Fsp3) is 0.485. The number of terminal acetylenes is 1. The number of azo groups is 1. The van der Waals surface area contributed by atoms with Crippen LogP contribution in [0.3, 0.4) is 0 Å². The van der Waals surface area contributed by atoms with E-state index in [2.05, 4.69) is 58.5 Å². The van der Waals surface area contributed by atoms with E-state index in [0.717, 1.165) is 24.1 Å². The summed E-state index contributed by atoms with van der Waals surface area (Å²) in [4.78, 5) is 7.63. The molecule has 0 fully saturated rings. The van der Waals surface area contributed by atoms with Gasteiger partial charge in [-0.3, -0.25) is 9.11 Å². The van der Waals surface area contributed by atoms with Crippen LogP contribution in [0.5, 0.6) is 0 Å². The van der Waals surface area contributed by atoms with Crippen molar-refractivity contribution in [2.24, 2.45) is 10.2 Å². The summed E-state index contributed by atoms with van der Waals surface area (Å²) in [6, 6.07) is 7.48. The quantitative estimate of drug-likeness (QED) is 0.0640. The number of pyridine rings is 1. The van der Waals surface area contributed by atoms with Crippen LogP contribution in [0.2, 0.25) is 0 Å². The molecule has 0 amide bonds. The van der Waals surface area contributed by atoms with Crippen molar-refractivity contribution in [2.75, 3.05) is 62.4 Å². The summed E-state index contributed by atoms with van der Waals surface area (Å²) in [6.07, 6.45) is 13.8. The summed E-state index contributed by atoms with van der Waals surface area (Å²) in [5.74, 6) is 4.24. The van der Waals surface area contributed by atoms with Crippen molar-refractivity contribution in [2.45, 2.75) is 58.4 Å². The van der Waals surface area contributed by atoms with Gasteiger partial charge in [0, 0.05) is 42.0 Å². The van der Waals surface area contributed by atoms with Crippen molar-refractivity contribution in [3.63, 3.8) is 0 Å². The Kier molecular flexibility index (Phi) is 17.2. The molecule has 10 nitrogen and oxygen atoms in total. The largest absolute Gasteiger partial charge is 0.395 e. The second-order valence-corrected chi connectivity index (χ2v) is 11.7. The van der Waals surface area contributed by atoms with Gasteiger partial charge in [0.2, 0.25) is 0 Å². The predicted octanol–water partition coefficient (Wildman–Crippen LogP) is 5.69. The average Bonchev–Trinajstić information content (AvgIpc) is 3.02. The predicted molar refractivity (Wildman–Crippen MR) is 180 cm³/mol. The number of aliphatic hydroxyl groups excluding tert-OH is 2. The zero-order chi connectivity index (χ0) is 32.3. The first-order chi connectivity index (χ1) is 21.3. The topological polar surface area (TPSA) is 132 Å². The number of aromatic nitrogens is 1. The van der Waals surface area contributed by atoms with Crippen LogP contribution in [0, 0.1) is 19.3 Å². The van der Waals surface area contributed by atoms with Crippen LogP contribution in [0.1, 0.15) is 51.7 Å². The molecule has 4 N–H and O–H groups in total. The normalized spacial score (nSPS) is 13.5. The minimum Gasteiger partial charge on any atom is -0.395 e. The zero-order valence-corrected chi connectivity index (χ0v) is 27.5. The summed E-state index contributed by atoms with van der Waals surface area (Å²) < 4.78 is 18.3. The highest BCUT2D eigenvalue weighted by molar-refractivity contribution is 7.85. The second kappa shape index (κ2) is 20.5. The lowest BCUT2D eigenvalue weighted by Gasteiger charge is -2.27. The van der Waals surface area contributed by atoms with Crippen LogP contribution < -0.4 is 10.6 Å². The molecule has 2 rings (SSSR count). The standard InChI is InChI=1S/C33H48N6O4S/c1-7-10-11-12-25(4)35-32-30(9-3)27(6)31(33(36-32)34-17-22-43-23-21-41)38-37-28-13-15-29(16-14-28)44(42)24-19-39(18-20-40)26(5)8-2/h3,10-16,26,40-41H,7-8,17-24H2,1-2,4-6H3,(H2,34,35,36)/b11-10-,25-12+,38-37?. The molecule has 2 atom stereocenters. The van der Waals surface area contributed by atoms with Gasteiger partial charge < -0.3 is 25.6 Å². The minimum atomic E-state index is -1.18. The van der Waals surface area contributed by atoms with Crippen molar-refractivity contribution in [1.82, 2.24) is 9.88 Å². The SMILES string of the molecule is C#Cc1c(N/C(C)=C/C=C\CC)nc(NCCOCCO)c(N=Nc2ccc(S(=O)CCN(CCO)C(C)CC)cc2)c1C. The third-order valence-corrected chi connectivity index (χ3v) is 8.25. The van der Waals surface area contributed by atoms with E-state index in [1.807, 2.05) is 26.0 Å². The molecule has 1 heterocycles. The number of aliphatic hydroxyl groups is 2. The highest BCUT2D eigenvalue weighted by atomic mass is 32.2. The summed E-state index contributed by atoms with van der Waals surface area (Å²) >= 11 is 0. The molecule has 44 heavy (non-hydrogen) atoms. The number of hydrogen-bond donors (Lipinski definition) is 4. The van der Waals surface area contributed by atoms with E-state index in [-0.39, 0.29) is 19.8 Å². The molecule has 0 radical (unpaired) electrons. The fourth-order valence-electron chi connectivity index (χ4n) is 4.22. The highest BCUT2D eigenvalue weighted by Gasteiger charge is 2.17. The van der Waals surface area contributed by atoms with Crippen LogP contribution in [0.25, 0.3) is 0 Å². The Morgan fingerprint density at radius 1 is 1.16 bits per heavy atom. The molecule has 240 valence electrons. The lowest BCUT2D eigenvalue weighted by molar-refractivity contribution is 0.0992. The number of nitrogens with zero attached hydrogens (tertiary/aromatic N) is 4. The first-order valence-electron chi connectivity index (χ1n) is 15.1. The Balaban J connectivity index is 2.30. The lowest BCUT2D eigenvalue weighted by atomic mass is 10.1. The van der Waals surface area contributed by atoms with E-state index in [9.17, 15) is 9.32 Å². The van der Waals surface area contributed by atoms with Crippen LogP contribution in [0.4, 0.5) is 23.0 Å². The van der Waals surface area contributed by atoms with Crippen LogP contribution in [-0.2, 0) is 15.5 Å². The summed E-state index contributed by atoms with van der Waals surface area (Å²) in [6.45, 7) is 12.4. The Labute approximate surface area is 265 Å². The smallest absolute Gasteiger partial charge is 0.156 e. The van der Waals surface area contributed by atoms with Gasteiger partial charge in [0.25, 0.3) is 0 Å². The minimum absolute atomic E-state index is 0.0492. The van der Waals surface area contributed by atoms with E-state index in [1.54, 1.807) is 24.3 Å². The van der Waals surface area contributed by atoms with Crippen molar-refractivity contribution in [3.8, 4) is 12.3 Å². The van der Waals surface area contributed by atoms with E-state index >= 15 is 0 Å². The number of ether oxygens (including phenoxy) is 1. The van der Waals surface area contributed by atoms with Gasteiger partial charge in [-0.05, 0) is 69.5 Å². The number of hydrogen-bond acceptors (Lipinski definition) is 10. The third kappa shape index (κ3) is 11.9. The van der Waals surface area contributed by atoms with Gasteiger partial charge in [-0.1, -0.05) is 31.9 Å². The molecule has 2 unspecified atom stereocenters. The van der Waals surface area contributed by atoms with Gasteiger partial charge in [0.15, 0.2) is 5.82 Å². The van der Waals surface area contributed by atoms with Crippen LogP contribution >= 0.6 is 0 Å². The third-order valence-electron chi connectivity index (χ3n) is 6.90. The Morgan fingerprint density at radius 3 is 2.55 bits per heavy atom. The summed E-state index contributed by atoms with van der Waals surface area (Å²) in [7, 11) is -1.18. The molecule has 0 spiro atoms. The molecular formula is C33H48N6O4S. The van der Waals surface area contributed by atoms with Gasteiger partial charge >= 0.3 is 0 Å². The number of benzene rings is 1. The molecule has 1 aromatic heterocycles. The van der Waals surface area contributed by atoms with Crippen molar-refractivity contribution < 1.29 is 19.2 Å². The molecule has 0 saturated heterocycles. The molecule has 0 saturated carbocycles. The highest BCUT2D eigenvalue weighted by Crippen LogP contribution is 2.35. The maximum Gasteiger partial charge on any atom is 0.156 e. The number of nitrogens with one attached hydrogen (secondary N) is 2. The summed E-state index contributed by atoms with van der Waals surface area (Å²) in [5.41, 5.74) is 3.28. The molecule has 0 bridgehead atoms. The Hall–Kier alpha value is -3.40. The number of allylic oxidation sites excluding steroid dienone is 4. The monoisotopic (exact) mass is 624 g/mol. The second-order valence-electron chi connectivity index (χ2n) is 10.1. The van der Waals surface area contributed by atoms with Crippen molar-refractivity contribution >= 4 is 33.8 Å². The molecule has 2 aromatic rings. The average molecular weight is 625 g/mol. The molecule has 0 aliphatic rings. The first kappa shape index (κ1) is 36.8. The van der Waals surface area contributed by atoms with E-state index in [1.165, 1.54) is 0 Å². The van der Waals surface area contributed by atoms with Gasteiger partial charge in [0.1, 0.15) is 11.5 Å². The molecule has 1 aromatic carbocycles. The van der Waals surface area contributed by atoms with Gasteiger partial charge in [-0.15, -0.1) is 11.5 Å². The molecular weight excluding hydrogens is 576 g/mol. The molecule has 0 aliphatic carbocycles. The van der Waals surface area contributed by atoms with Gasteiger partial charge in [-0.25, -0.2) is 4.98 Å². The number of anilines is 2.